The van der Waals surface area contributed by atoms with Gasteiger partial charge in [-0.05, 0) is 110 Å². The van der Waals surface area contributed by atoms with E-state index < -0.39 is 65.3 Å². The van der Waals surface area contributed by atoms with Gasteiger partial charge in [0.05, 0.1) is 0 Å². The molecule has 2 aliphatic rings. The van der Waals surface area contributed by atoms with Crippen LogP contribution < -0.4 is 31.9 Å². The highest BCUT2D eigenvalue weighted by atomic mass is 16.6. The molecule has 4 rings (SSSR count). The van der Waals surface area contributed by atoms with Crippen molar-refractivity contribution in [3.8, 4) is 0 Å². The summed E-state index contributed by atoms with van der Waals surface area (Å²) in [7, 11) is 0. The van der Waals surface area contributed by atoms with Crippen LogP contribution in [0.2, 0.25) is 0 Å². The Kier molecular flexibility index (Phi) is 18.2. The summed E-state index contributed by atoms with van der Waals surface area (Å²) in [6, 6.07) is 14.3. The van der Waals surface area contributed by atoms with Crippen LogP contribution in [0.25, 0.3) is 0 Å². The van der Waals surface area contributed by atoms with Crippen LogP contribution in [-0.4, -0.2) is 109 Å². The van der Waals surface area contributed by atoms with Crippen molar-refractivity contribution in [1.29, 1.82) is 0 Å². The fraction of sp³-hybridized carbons (Fsp3) is 0.617. The smallest absolute Gasteiger partial charge is 0.408 e. The number of carbonyl (C=O) groups is 6. The molecule has 2 aliphatic heterocycles. The van der Waals surface area contributed by atoms with Crippen molar-refractivity contribution >= 4 is 35.8 Å². The number of carbonyl (C=O) groups excluding carboxylic acids is 6. The van der Waals surface area contributed by atoms with Crippen LogP contribution in [0.15, 0.2) is 60.7 Å². The van der Waals surface area contributed by atoms with Crippen molar-refractivity contribution in [2.75, 3.05) is 32.7 Å². The van der Waals surface area contributed by atoms with Gasteiger partial charge in [0.1, 0.15) is 35.4 Å². The highest BCUT2D eigenvalue weighted by molar-refractivity contribution is 5.95. The first-order valence-electron chi connectivity index (χ1n) is 22.2. The average Bonchev–Trinajstić information content (AvgIpc) is 3.17. The summed E-state index contributed by atoms with van der Waals surface area (Å²) in [5, 5.41) is 17.6. The van der Waals surface area contributed by atoms with E-state index in [0.29, 0.717) is 38.9 Å². The third-order valence-electron chi connectivity index (χ3n) is 10.8. The number of nitrogens with zero attached hydrogens (tertiary/aromatic N) is 1. The number of hydrogen-bond donors (Lipinski definition) is 6. The van der Waals surface area contributed by atoms with E-state index in [1.807, 2.05) is 79.4 Å². The van der Waals surface area contributed by atoms with Gasteiger partial charge < -0.3 is 46.3 Å². The predicted molar refractivity (Wildman–Crippen MR) is 238 cm³/mol. The summed E-state index contributed by atoms with van der Waals surface area (Å²) in [5.41, 5.74) is 0.196. The second-order valence-corrected chi connectivity index (χ2v) is 19.3. The fourth-order valence-corrected chi connectivity index (χ4v) is 7.74. The summed E-state index contributed by atoms with van der Waals surface area (Å²) in [5.74, 6) is -1.90. The zero-order valence-electron chi connectivity index (χ0n) is 38.1. The molecule has 2 aromatic carbocycles. The maximum Gasteiger partial charge on any atom is 0.408 e. The standard InChI is InChI=1S/C47H71N7O8/c1-32(2)27-36(39(55)50-35(21-15-16-24-49-43(59)61-45(3,4)5)42(58)54-30-47(31-54)22-25-48-26-23-47)51-40(56)37(28-33-17-11-9-12-18-33)52-41(57)38(29-34-19-13-10-14-20-34)53-44(60)62-46(6,7)8/h9-14,17-20,32,35-38,48H,15-16,21-31H2,1-8H3,(H,49,59)(H,50,55)(H,51,56)(H,52,57)(H,53,60). The first kappa shape index (κ1) is 49.5. The number of benzene rings is 2. The predicted octanol–water partition coefficient (Wildman–Crippen LogP) is 4.77. The van der Waals surface area contributed by atoms with Crippen LogP contribution in [0.3, 0.4) is 0 Å². The van der Waals surface area contributed by atoms with Gasteiger partial charge >= 0.3 is 12.2 Å². The van der Waals surface area contributed by atoms with Crippen molar-refractivity contribution in [3.05, 3.63) is 71.8 Å². The molecule has 0 bridgehead atoms. The van der Waals surface area contributed by atoms with Crippen molar-refractivity contribution in [3.63, 3.8) is 0 Å². The molecule has 4 atom stereocenters. The summed E-state index contributed by atoms with van der Waals surface area (Å²) in [4.78, 5) is 83.8. The van der Waals surface area contributed by atoms with Gasteiger partial charge in [0.25, 0.3) is 0 Å². The molecule has 62 heavy (non-hydrogen) atoms. The lowest BCUT2D eigenvalue weighted by atomic mass is 9.72. The first-order valence-corrected chi connectivity index (χ1v) is 22.2. The normalized spacial score (nSPS) is 16.8. The second kappa shape index (κ2) is 22.8. The Hall–Kier alpha value is -5.18. The van der Waals surface area contributed by atoms with E-state index >= 15 is 0 Å². The third-order valence-corrected chi connectivity index (χ3v) is 10.8. The number of likely N-dealkylation sites (tertiary alicyclic amines) is 1. The number of unbranched alkanes of at least 4 members (excludes halogenated alkanes) is 1. The van der Waals surface area contributed by atoms with E-state index in [4.69, 9.17) is 9.47 Å². The van der Waals surface area contributed by atoms with E-state index in [2.05, 4.69) is 31.9 Å². The molecule has 342 valence electrons. The molecular weight excluding hydrogens is 791 g/mol. The van der Waals surface area contributed by atoms with Gasteiger partial charge in [-0.15, -0.1) is 0 Å². The van der Waals surface area contributed by atoms with Gasteiger partial charge in [-0.2, -0.15) is 0 Å². The fourth-order valence-electron chi connectivity index (χ4n) is 7.74. The number of ether oxygens (including phenoxy) is 2. The maximum atomic E-state index is 14.4. The minimum absolute atomic E-state index is 0.0234. The second-order valence-electron chi connectivity index (χ2n) is 19.3. The summed E-state index contributed by atoms with van der Waals surface area (Å²) >= 11 is 0. The number of alkyl carbamates (subject to hydrolysis) is 2. The van der Waals surface area contributed by atoms with Crippen molar-refractivity contribution < 1.29 is 38.2 Å². The molecule has 0 radical (unpaired) electrons. The molecule has 15 nitrogen and oxygen atoms in total. The van der Waals surface area contributed by atoms with Crippen LogP contribution in [0, 0.1) is 11.3 Å². The lowest BCUT2D eigenvalue weighted by molar-refractivity contribution is -0.149. The number of hydrogen-bond acceptors (Lipinski definition) is 9. The van der Waals surface area contributed by atoms with Crippen LogP contribution in [0.5, 0.6) is 0 Å². The largest absolute Gasteiger partial charge is 0.444 e. The maximum absolute atomic E-state index is 14.4. The van der Waals surface area contributed by atoms with Crippen molar-refractivity contribution in [2.45, 2.75) is 142 Å². The molecule has 0 aliphatic carbocycles. The average molecular weight is 862 g/mol. The lowest BCUT2D eigenvalue weighted by Gasteiger charge is -2.53. The zero-order chi connectivity index (χ0) is 45.5. The van der Waals surface area contributed by atoms with Gasteiger partial charge in [-0.3, -0.25) is 19.2 Å². The lowest BCUT2D eigenvalue weighted by Crippen LogP contribution is -2.65. The molecule has 0 saturated carbocycles. The third kappa shape index (κ3) is 16.9. The van der Waals surface area contributed by atoms with E-state index in [0.717, 1.165) is 37.1 Å². The van der Waals surface area contributed by atoms with E-state index in [-0.39, 0.29) is 36.5 Å². The van der Waals surface area contributed by atoms with Crippen LogP contribution in [0.1, 0.15) is 105 Å². The molecule has 2 fully saturated rings. The molecule has 2 heterocycles. The first-order chi connectivity index (χ1) is 29.2. The summed E-state index contributed by atoms with van der Waals surface area (Å²) in [6.07, 6.45) is 2.57. The molecule has 2 aromatic rings. The number of nitrogens with one attached hydrogen (secondary N) is 6. The summed E-state index contributed by atoms with van der Waals surface area (Å²) in [6.45, 7) is 17.8. The van der Waals surface area contributed by atoms with Gasteiger partial charge in [-0.1, -0.05) is 74.5 Å². The molecule has 15 heteroatoms. The summed E-state index contributed by atoms with van der Waals surface area (Å²) < 4.78 is 10.8. The van der Waals surface area contributed by atoms with Crippen LogP contribution in [-0.2, 0) is 41.5 Å². The molecule has 6 N–H and O–H groups in total. The number of rotatable bonds is 19. The molecule has 2 saturated heterocycles. The van der Waals surface area contributed by atoms with E-state index in [1.165, 1.54) is 0 Å². The minimum Gasteiger partial charge on any atom is -0.444 e. The Morgan fingerprint density at radius 3 is 1.63 bits per heavy atom. The Morgan fingerprint density at radius 2 is 1.11 bits per heavy atom. The van der Waals surface area contributed by atoms with Gasteiger partial charge in [-0.25, -0.2) is 9.59 Å². The molecule has 0 aromatic heterocycles. The SMILES string of the molecule is CC(C)CC(NC(=O)C(Cc1ccccc1)NC(=O)C(Cc1ccccc1)NC(=O)OC(C)(C)C)C(=O)NC(CCCCNC(=O)OC(C)(C)C)C(=O)N1CC2(CCNCC2)C1. The van der Waals surface area contributed by atoms with E-state index in [9.17, 15) is 28.8 Å². The Balaban J connectivity index is 1.52. The Bertz CT molecular complexity index is 1780. The highest BCUT2D eigenvalue weighted by Gasteiger charge is 2.47. The van der Waals surface area contributed by atoms with Gasteiger partial charge in [0, 0.05) is 37.9 Å². The Labute approximate surface area is 368 Å². The monoisotopic (exact) mass is 862 g/mol. The quantitative estimate of drug-likeness (QED) is 0.108. The van der Waals surface area contributed by atoms with Crippen LogP contribution >= 0.6 is 0 Å². The zero-order valence-corrected chi connectivity index (χ0v) is 38.1. The Morgan fingerprint density at radius 1 is 0.645 bits per heavy atom. The molecule has 4 unspecified atom stereocenters. The van der Waals surface area contributed by atoms with Crippen molar-refractivity contribution in [2.24, 2.45) is 11.3 Å². The van der Waals surface area contributed by atoms with Gasteiger partial charge in [0.2, 0.25) is 23.6 Å². The highest BCUT2D eigenvalue weighted by Crippen LogP contribution is 2.39. The number of amides is 6. The topological polar surface area (TPSA) is 196 Å². The minimum atomic E-state index is -1.14. The van der Waals surface area contributed by atoms with Crippen LogP contribution in [0.4, 0.5) is 9.59 Å². The molecule has 6 amide bonds. The van der Waals surface area contributed by atoms with Crippen molar-refractivity contribution in [1.82, 2.24) is 36.8 Å². The van der Waals surface area contributed by atoms with E-state index in [1.54, 1.807) is 41.5 Å². The molecular formula is C47H71N7O8. The number of piperidine rings is 1. The molecule has 1 spiro atoms. The van der Waals surface area contributed by atoms with Gasteiger partial charge in [0.15, 0.2) is 0 Å².